The van der Waals surface area contributed by atoms with E-state index in [0.717, 1.165) is 0 Å². The van der Waals surface area contributed by atoms with Gasteiger partial charge in [-0.25, -0.2) is 0 Å². The Morgan fingerprint density at radius 2 is 2.36 bits per heavy atom. The molecule has 0 aromatic carbocycles. The van der Waals surface area contributed by atoms with E-state index in [1.807, 2.05) is 0 Å². The quantitative estimate of drug-likeness (QED) is 0.617. The first-order chi connectivity index (χ1) is 5.09. The summed E-state index contributed by atoms with van der Waals surface area (Å²) in [6.07, 6.45) is 0.746. The van der Waals surface area contributed by atoms with E-state index >= 15 is 0 Å². The van der Waals surface area contributed by atoms with Crippen molar-refractivity contribution in [1.82, 2.24) is 5.32 Å². The van der Waals surface area contributed by atoms with Crippen molar-refractivity contribution in [1.29, 1.82) is 0 Å². The minimum Gasteiger partial charge on any atom is -0.351 e. The van der Waals surface area contributed by atoms with Crippen LogP contribution in [0.2, 0.25) is 0 Å². The molecule has 64 valence electrons. The van der Waals surface area contributed by atoms with E-state index in [9.17, 15) is 13.6 Å². The van der Waals surface area contributed by atoms with Crippen molar-refractivity contribution in [2.45, 2.75) is 25.7 Å². The smallest absolute Gasteiger partial charge is 0.327 e. The van der Waals surface area contributed by atoms with E-state index in [-0.39, 0.29) is 0 Å². The molecule has 11 heavy (non-hydrogen) atoms. The van der Waals surface area contributed by atoms with Crippen LogP contribution in [-0.2, 0) is 4.79 Å². The van der Waals surface area contributed by atoms with E-state index in [0.29, 0.717) is 19.4 Å². The van der Waals surface area contributed by atoms with Gasteiger partial charge in [0, 0.05) is 12.5 Å². The fourth-order valence-electron chi connectivity index (χ4n) is 1.30. The molecule has 4 heteroatoms. The Balaban J connectivity index is 2.72. The monoisotopic (exact) mass is 163 g/mol. The number of rotatable bonds is 1. The van der Waals surface area contributed by atoms with Crippen LogP contribution in [0.15, 0.2) is 0 Å². The topological polar surface area (TPSA) is 29.1 Å². The molecule has 1 aliphatic heterocycles. The molecule has 0 aliphatic carbocycles. The number of nitrogens with one attached hydrogen (secondary N) is 1. The standard InChI is InChI=1S/C7H11F2NO/c1-2-5-3-4-10-6(11)7(5,8)9/h5H,2-4H2,1H3,(H,10,11). The van der Waals surface area contributed by atoms with Gasteiger partial charge in [0.15, 0.2) is 0 Å². The molecule has 1 fully saturated rings. The minimum absolute atomic E-state index is 0.362. The zero-order valence-electron chi connectivity index (χ0n) is 6.36. The van der Waals surface area contributed by atoms with Crippen LogP contribution in [-0.4, -0.2) is 18.4 Å². The van der Waals surface area contributed by atoms with E-state index in [2.05, 4.69) is 5.32 Å². The summed E-state index contributed by atoms with van der Waals surface area (Å²) >= 11 is 0. The lowest BCUT2D eigenvalue weighted by atomic mass is 9.91. The second-order valence-corrected chi connectivity index (χ2v) is 2.77. The lowest BCUT2D eigenvalue weighted by Gasteiger charge is -2.29. The third-order valence-corrected chi connectivity index (χ3v) is 2.09. The molecule has 1 amide bonds. The highest BCUT2D eigenvalue weighted by molar-refractivity contribution is 5.84. The second-order valence-electron chi connectivity index (χ2n) is 2.77. The second kappa shape index (κ2) is 2.75. The van der Waals surface area contributed by atoms with Crippen molar-refractivity contribution < 1.29 is 13.6 Å². The van der Waals surface area contributed by atoms with Crippen LogP contribution in [0.3, 0.4) is 0 Å². The van der Waals surface area contributed by atoms with Crippen LogP contribution in [0.4, 0.5) is 8.78 Å². The van der Waals surface area contributed by atoms with E-state index in [4.69, 9.17) is 0 Å². The average Bonchev–Trinajstić information content (AvgIpc) is 1.95. The highest BCUT2D eigenvalue weighted by atomic mass is 19.3. The summed E-state index contributed by atoms with van der Waals surface area (Å²) in [5, 5.41) is 2.15. The van der Waals surface area contributed by atoms with Gasteiger partial charge in [-0.05, 0) is 12.8 Å². The lowest BCUT2D eigenvalue weighted by Crippen LogP contribution is -2.51. The molecule has 0 spiro atoms. The van der Waals surface area contributed by atoms with Crippen LogP contribution >= 0.6 is 0 Å². The van der Waals surface area contributed by atoms with Crippen LogP contribution in [0.25, 0.3) is 0 Å². The molecule has 2 nitrogen and oxygen atoms in total. The summed E-state index contributed by atoms with van der Waals surface area (Å²) in [6, 6.07) is 0. The molecule has 1 rings (SSSR count). The molecule has 1 atom stereocenters. The molecule has 0 aromatic heterocycles. The summed E-state index contributed by atoms with van der Waals surface area (Å²) in [6.45, 7) is 2.06. The minimum atomic E-state index is -3.15. The summed E-state index contributed by atoms with van der Waals surface area (Å²) < 4.78 is 25.7. The number of hydrogen-bond donors (Lipinski definition) is 1. The number of halogens is 2. The fraction of sp³-hybridized carbons (Fsp3) is 0.857. The number of amides is 1. The number of alkyl halides is 2. The fourth-order valence-corrected chi connectivity index (χ4v) is 1.30. The molecule has 1 saturated heterocycles. The van der Waals surface area contributed by atoms with E-state index < -0.39 is 17.7 Å². The molecule has 0 saturated carbocycles. The molecule has 1 heterocycles. The summed E-state index contributed by atoms with van der Waals surface area (Å²) in [4.78, 5) is 10.6. The molecule has 0 aromatic rings. The lowest BCUT2D eigenvalue weighted by molar-refractivity contribution is -0.159. The Kier molecular flexibility index (Phi) is 2.11. The maximum Gasteiger partial charge on any atom is 0.327 e. The highest BCUT2D eigenvalue weighted by Gasteiger charge is 2.48. The van der Waals surface area contributed by atoms with Crippen molar-refractivity contribution in [3.63, 3.8) is 0 Å². The van der Waals surface area contributed by atoms with Gasteiger partial charge in [0.05, 0.1) is 0 Å². The van der Waals surface area contributed by atoms with E-state index in [1.165, 1.54) is 0 Å². The van der Waals surface area contributed by atoms with Gasteiger partial charge in [-0.1, -0.05) is 6.92 Å². The van der Waals surface area contributed by atoms with Crippen molar-refractivity contribution >= 4 is 5.91 Å². The largest absolute Gasteiger partial charge is 0.351 e. The normalized spacial score (nSPS) is 29.7. The Labute approximate surface area is 64.0 Å². The van der Waals surface area contributed by atoms with Gasteiger partial charge in [0.25, 0.3) is 5.91 Å². The Hall–Kier alpha value is -0.670. The summed E-state index contributed by atoms with van der Waals surface area (Å²) in [7, 11) is 0. The summed E-state index contributed by atoms with van der Waals surface area (Å²) in [5.74, 6) is -5.03. The van der Waals surface area contributed by atoms with Gasteiger partial charge in [-0.3, -0.25) is 4.79 Å². The number of hydrogen-bond acceptors (Lipinski definition) is 1. The Morgan fingerprint density at radius 3 is 2.82 bits per heavy atom. The van der Waals surface area contributed by atoms with Gasteiger partial charge >= 0.3 is 5.92 Å². The first-order valence-electron chi connectivity index (χ1n) is 3.75. The van der Waals surface area contributed by atoms with Gasteiger partial charge in [-0.2, -0.15) is 8.78 Å². The zero-order valence-corrected chi connectivity index (χ0v) is 6.36. The van der Waals surface area contributed by atoms with Crippen molar-refractivity contribution in [3.8, 4) is 0 Å². The van der Waals surface area contributed by atoms with Crippen molar-refractivity contribution in [3.05, 3.63) is 0 Å². The van der Waals surface area contributed by atoms with Crippen LogP contribution in [0.5, 0.6) is 0 Å². The Bertz CT molecular complexity index is 170. The van der Waals surface area contributed by atoms with Crippen molar-refractivity contribution in [2.24, 2.45) is 5.92 Å². The maximum absolute atomic E-state index is 12.9. The van der Waals surface area contributed by atoms with Gasteiger partial charge < -0.3 is 5.32 Å². The number of carbonyl (C=O) groups excluding carboxylic acids is 1. The summed E-state index contributed by atoms with van der Waals surface area (Å²) in [5.41, 5.74) is 0. The van der Waals surface area contributed by atoms with Crippen LogP contribution in [0, 0.1) is 5.92 Å². The molecule has 1 N–H and O–H groups in total. The van der Waals surface area contributed by atoms with Crippen molar-refractivity contribution in [2.75, 3.05) is 6.54 Å². The number of piperidine rings is 1. The molecular formula is C7H11F2NO. The molecule has 0 radical (unpaired) electrons. The highest BCUT2D eigenvalue weighted by Crippen LogP contribution is 2.32. The predicted molar refractivity (Wildman–Crippen MR) is 36.4 cm³/mol. The molecule has 0 bridgehead atoms. The maximum atomic E-state index is 12.9. The predicted octanol–water partition coefficient (Wildman–Crippen LogP) is 1.17. The first-order valence-corrected chi connectivity index (χ1v) is 3.75. The van der Waals surface area contributed by atoms with Crippen LogP contribution in [0.1, 0.15) is 19.8 Å². The molecular weight excluding hydrogens is 152 g/mol. The van der Waals surface area contributed by atoms with Crippen LogP contribution < -0.4 is 5.32 Å². The molecule has 1 unspecified atom stereocenters. The van der Waals surface area contributed by atoms with Gasteiger partial charge in [0.2, 0.25) is 0 Å². The Morgan fingerprint density at radius 1 is 1.73 bits per heavy atom. The zero-order chi connectivity index (χ0) is 8.48. The third kappa shape index (κ3) is 1.34. The average molecular weight is 163 g/mol. The first kappa shape index (κ1) is 8.43. The SMILES string of the molecule is CCC1CCNC(=O)C1(F)F. The van der Waals surface area contributed by atoms with Gasteiger partial charge in [0.1, 0.15) is 0 Å². The van der Waals surface area contributed by atoms with Gasteiger partial charge in [-0.15, -0.1) is 0 Å². The molecule has 1 aliphatic rings. The third-order valence-electron chi connectivity index (χ3n) is 2.09. The van der Waals surface area contributed by atoms with E-state index in [1.54, 1.807) is 6.92 Å². The number of carbonyl (C=O) groups is 1.